The minimum Gasteiger partial charge on any atom is -0.0553 e. The molecular formula is C25H30Br2. The molecule has 0 unspecified atom stereocenters. The van der Waals surface area contributed by atoms with Crippen LogP contribution in [-0.4, -0.2) is 0 Å². The molecule has 0 aromatic heterocycles. The Labute approximate surface area is 181 Å². The van der Waals surface area contributed by atoms with Gasteiger partial charge in [-0.2, -0.15) is 0 Å². The van der Waals surface area contributed by atoms with E-state index in [-0.39, 0.29) is 0 Å². The molecule has 27 heavy (non-hydrogen) atoms. The van der Waals surface area contributed by atoms with Crippen molar-refractivity contribution in [1.82, 2.24) is 0 Å². The van der Waals surface area contributed by atoms with Gasteiger partial charge in [0, 0.05) is 0 Å². The van der Waals surface area contributed by atoms with Gasteiger partial charge in [0.15, 0.2) is 0 Å². The van der Waals surface area contributed by atoms with Crippen molar-refractivity contribution in [2.75, 3.05) is 0 Å². The number of rotatable bonds is 4. The molecule has 0 aromatic rings. The van der Waals surface area contributed by atoms with Crippen LogP contribution in [0.3, 0.4) is 0 Å². The molecule has 0 heterocycles. The Morgan fingerprint density at radius 1 is 0.296 bits per heavy atom. The fourth-order valence-corrected chi connectivity index (χ4v) is 7.71. The van der Waals surface area contributed by atoms with Crippen LogP contribution in [-0.2, 0) is 0 Å². The van der Waals surface area contributed by atoms with Crippen molar-refractivity contribution in [3.05, 3.63) is 53.5 Å². The quantitative estimate of drug-likeness (QED) is 0.369. The molecule has 0 aromatic carbocycles. The lowest BCUT2D eigenvalue weighted by molar-refractivity contribution is 0.864. The van der Waals surface area contributed by atoms with Crippen LogP contribution >= 0.6 is 31.9 Å². The van der Waals surface area contributed by atoms with E-state index in [0.29, 0.717) is 0 Å². The Kier molecular flexibility index (Phi) is 5.41. The highest BCUT2D eigenvalue weighted by atomic mass is 79.9. The summed E-state index contributed by atoms with van der Waals surface area (Å²) in [6, 6.07) is 0. The van der Waals surface area contributed by atoms with Crippen LogP contribution in [0.25, 0.3) is 0 Å². The van der Waals surface area contributed by atoms with Gasteiger partial charge in [0.2, 0.25) is 0 Å². The first-order valence-corrected chi connectivity index (χ1v) is 12.7. The second-order valence-corrected chi connectivity index (χ2v) is 10.8. The molecule has 5 rings (SSSR count). The summed E-state index contributed by atoms with van der Waals surface area (Å²) in [7, 11) is 0. The smallest absolute Gasteiger partial charge is 0.00144 e. The minimum atomic E-state index is 1.26. The van der Waals surface area contributed by atoms with Gasteiger partial charge in [0.1, 0.15) is 0 Å². The maximum absolute atomic E-state index is 3.90. The molecule has 0 spiro atoms. The van der Waals surface area contributed by atoms with E-state index in [1.165, 1.54) is 105 Å². The maximum atomic E-state index is 3.90. The predicted molar refractivity (Wildman–Crippen MR) is 122 cm³/mol. The lowest BCUT2D eigenvalue weighted by atomic mass is 9.89. The summed E-state index contributed by atoms with van der Waals surface area (Å²) in [6.45, 7) is 0. The Balaban J connectivity index is 1.60. The largest absolute Gasteiger partial charge is 0.0553 e. The first-order chi connectivity index (χ1) is 13.2. The normalized spacial score (nSPS) is 26.9. The molecule has 0 amide bonds. The molecule has 0 N–H and O–H groups in total. The molecule has 0 radical (unpaired) electrons. The van der Waals surface area contributed by atoms with E-state index in [1.54, 1.807) is 44.6 Å². The van der Waals surface area contributed by atoms with Crippen LogP contribution in [0.1, 0.15) is 96.3 Å². The molecule has 0 aliphatic heterocycles. The topological polar surface area (TPSA) is 0 Å². The number of hydrogen-bond donors (Lipinski definition) is 0. The van der Waals surface area contributed by atoms with Gasteiger partial charge < -0.3 is 0 Å². The third kappa shape index (κ3) is 3.33. The van der Waals surface area contributed by atoms with Crippen molar-refractivity contribution in [3.8, 4) is 0 Å². The molecule has 0 saturated carbocycles. The summed E-state index contributed by atoms with van der Waals surface area (Å²) < 4.78 is 3.02. The highest BCUT2D eigenvalue weighted by molar-refractivity contribution is 9.12. The monoisotopic (exact) mass is 488 g/mol. The molecule has 0 atom stereocenters. The van der Waals surface area contributed by atoms with Gasteiger partial charge in [-0.05, 0) is 150 Å². The van der Waals surface area contributed by atoms with Crippen LogP contribution in [0.2, 0.25) is 0 Å². The van der Waals surface area contributed by atoms with E-state index in [1.807, 2.05) is 0 Å². The summed E-state index contributed by atoms with van der Waals surface area (Å²) >= 11 is 7.80. The van der Waals surface area contributed by atoms with Crippen LogP contribution in [0.15, 0.2) is 53.5 Å². The first kappa shape index (κ1) is 18.7. The second kappa shape index (κ2) is 7.82. The van der Waals surface area contributed by atoms with Gasteiger partial charge in [-0.15, -0.1) is 0 Å². The van der Waals surface area contributed by atoms with Gasteiger partial charge in [0.25, 0.3) is 0 Å². The summed E-state index contributed by atoms with van der Waals surface area (Å²) in [6.07, 6.45) is 19.9. The Morgan fingerprint density at radius 3 is 0.778 bits per heavy atom. The Morgan fingerprint density at radius 2 is 0.519 bits per heavy atom. The van der Waals surface area contributed by atoms with E-state index in [9.17, 15) is 0 Å². The van der Waals surface area contributed by atoms with Crippen molar-refractivity contribution >= 4 is 31.9 Å². The van der Waals surface area contributed by atoms with Crippen LogP contribution in [0, 0.1) is 0 Å². The summed E-state index contributed by atoms with van der Waals surface area (Å²) in [5.41, 5.74) is 14.0. The lowest BCUT2D eigenvalue weighted by Crippen LogP contribution is -1.97. The SMILES string of the molecule is BrC1=C(C2=C(C3=C(C4=C(C5=C(Br)CCC5)CCC4)CCC3)CCC2)CCC1. The molecule has 0 saturated heterocycles. The van der Waals surface area contributed by atoms with E-state index in [0.717, 1.165) is 0 Å². The fourth-order valence-electron chi connectivity index (χ4n) is 6.27. The molecule has 144 valence electrons. The van der Waals surface area contributed by atoms with E-state index in [4.69, 9.17) is 0 Å². The summed E-state index contributed by atoms with van der Waals surface area (Å²) in [5.74, 6) is 0. The van der Waals surface area contributed by atoms with Gasteiger partial charge >= 0.3 is 0 Å². The average molecular weight is 490 g/mol. The van der Waals surface area contributed by atoms with Gasteiger partial charge in [0.05, 0.1) is 0 Å². The van der Waals surface area contributed by atoms with E-state index < -0.39 is 0 Å². The standard InChI is InChI=1S/C25H30Br2/c26-24-14-4-12-22(24)20-10-2-8-18(20)16-6-1-7-17(16)19-9-3-11-21(19)23-13-5-15-25(23)27/h1-15H2. The molecule has 0 nitrogen and oxygen atoms in total. The van der Waals surface area contributed by atoms with Crippen LogP contribution < -0.4 is 0 Å². The summed E-state index contributed by atoms with van der Waals surface area (Å²) in [4.78, 5) is 0. The van der Waals surface area contributed by atoms with Gasteiger partial charge in [-0.25, -0.2) is 0 Å². The summed E-state index contributed by atoms with van der Waals surface area (Å²) in [5, 5.41) is 0. The Hall–Kier alpha value is -0.340. The Bertz CT molecular complexity index is 760. The highest BCUT2D eigenvalue weighted by Crippen LogP contribution is 2.51. The predicted octanol–water partition coefficient (Wildman–Crippen LogP) is 9.09. The first-order valence-electron chi connectivity index (χ1n) is 11.2. The number of hydrogen-bond acceptors (Lipinski definition) is 0. The van der Waals surface area contributed by atoms with Crippen LogP contribution in [0.4, 0.5) is 0 Å². The zero-order valence-electron chi connectivity index (χ0n) is 16.4. The highest BCUT2D eigenvalue weighted by Gasteiger charge is 2.31. The van der Waals surface area contributed by atoms with Crippen molar-refractivity contribution in [3.63, 3.8) is 0 Å². The molecule has 5 aliphatic rings. The van der Waals surface area contributed by atoms with Crippen molar-refractivity contribution < 1.29 is 0 Å². The van der Waals surface area contributed by atoms with Gasteiger partial charge in [-0.1, -0.05) is 31.9 Å². The molecular weight excluding hydrogens is 460 g/mol. The van der Waals surface area contributed by atoms with Crippen molar-refractivity contribution in [1.29, 1.82) is 0 Å². The third-order valence-corrected chi connectivity index (χ3v) is 9.16. The fraction of sp³-hybridized carbons (Fsp3) is 0.600. The number of halogens is 2. The number of allylic oxidation sites excluding steroid dienone is 10. The maximum Gasteiger partial charge on any atom is -0.00144 e. The zero-order chi connectivity index (χ0) is 18.4. The lowest BCUT2D eigenvalue weighted by Gasteiger charge is -2.16. The molecule has 0 fully saturated rings. The molecule has 5 aliphatic carbocycles. The van der Waals surface area contributed by atoms with E-state index in [2.05, 4.69) is 31.9 Å². The van der Waals surface area contributed by atoms with Crippen LogP contribution in [0.5, 0.6) is 0 Å². The molecule has 0 bridgehead atoms. The van der Waals surface area contributed by atoms with Gasteiger partial charge in [-0.3, -0.25) is 0 Å². The minimum absolute atomic E-state index is 1.26. The second-order valence-electron chi connectivity index (χ2n) is 8.91. The van der Waals surface area contributed by atoms with E-state index >= 15 is 0 Å². The third-order valence-electron chi connectivity index (χ3n) is 7.41. The van der Waals surface area contributed by atoms with Crippen molar-refractivity contribution in [2.45, 2.75) is 96.3 Å². The zero-order valence-corrected chi connectivity index (χ0v) is 19.5. The average Bonchev–Trinajstić information content (AvgIpc) is 3.44. The van der Waals surface area contributed by atoms with Crippen molar-refractivity contribution in [2.24, 2.45) is 0 Å². The molecule has 2 heteroatoms.